The molecule has 2 amide bonds. The van der Waals surface area contributed by atoms with Gasteiger partial charge >= 0.3 is 0 Å². The molecule has 2 fully saturated rings. The average Bonchev–Trinajstić information content (AvgIpc) is 3.03. The van der Waals surface area contributed by atoms with Crippen LogP contribution < -0.4 is 10.2 Å². The molecule has 1 aromatic carbocycles. The highest BCUT2D eigenvalue weighted by atomic mass is 16.5. The smallest absolute Gasteiger partial charge is 0.248 e. The Balaban J connectivity index is 1.92. The van der Waals surface area contributed by atoms with E-state index >= 15 is 0 Å². The fraction of sp³-hybridized carbons (Fsp3) is 0.500. The number of phenolic OH excluding ortho intramolecular Hbond substituents is 1. The van der Waals surface area contributed by atoms with Gasteiger partial charge in [-0.05, 0) is 17.7 Å². The van der Waals surface area contributed by atoms with Crippen molar-refractivity contribution in [3.63, 3.8) is 0 Å². The third-order valence-electron chi connectivity index (χ3n) is 4.61. The molecule has 3 atom stereocenters. The Morgan fingerprint density at radius 2 is 2.00 bits per heavy atom. The second kappa shape index (κ2) is 6.39. The van der Waals surface area contributed by atoms with Crippen LogP contribution in [0.3, 0.4) is 0 Å². The molecule has 0 unspecified atom stereocenters. The maximum atomic E-state index is 12.8. The Morgan fingerprint density at radius 1 is 1.25 bits per heavy atom. The summed E-state index contributed by atoms with van der Waals surface area (Å²) < 4.78 is 10.1. The van der Waals surface area contributed by atoms with E-state index in [0.717, 1.165) is 5.56 Å². The van der Waals surface area contributed by atoms with Crippen molar-refractivity contribution in [2.45, 2.75) is 12.1 Å². The van der Waals surface area contributed by atoms with Gasteiger partial charge in [0.25, 0.3) is 0 Å². The van der Waals surface area contributed by atoms with Crippen molar-refractivity contribution in [2.24, 2.45) is 5.92 Å². The standard InChI is InChI=1S/C16H21N3O5/c1-18-14-12(15(21)19(16(14)22)6-7-23-2)13(17-18)9-4-5-10(20)11(8-9)24-3/h4-5,8,12-14,17,20H,6-7H2,1-3H3/t12-,13+,14-/m1/s1. The number of carbonyl (C=O) groups is 2. The molecule has 8 heteroatoms. The molecule has 24 heavy (non-hydrogen) atoms. The Hall–Kier alpha value is -2.16. The number of imide groups is 1. The zero-order valence-corrected chi connectivity index (χ0v) is 13.9. The highest BCUT2D eigenvalue weighted by Gasteiger charge is 2.57. The molecule has 2 aliphatic heterocycles. The molecule has 2 heterocycles. The molecular weight excluding hydrogens is 314 g/mol. The lowest BCUT2D eigenvalue weighted by atomic mass is 9.91. The summed E-state index contributed by atoms with van der Waals surface area (Å²) >= 11 is 0. The second-order valence-corrected chi connectivity index (χ2v) is 5.94. The van der Waals surface area contributed by atoms with Gasteiger partial charge in [0.15, 0.2) is 11.5 Å². The van der Waals surface area contributed by atoms with Gasteiger partial charge in [-0.15, -0.1) is 0 Å². The topological polar surface area (TPSA) is 91.3 Å². The number of amides is 2. The van der Waals surface area contributed by atoms with Crippen molar-refractivity contribution >= 4 is 11.8 Å². The fourth-order valence-corrected chi connectivity index (χ4v) is 3.42. The maximum Gasteiger partial charge on any atom is 0.248 e. The first-order valence-corrected chi connectivity index (χ1v) is 7.69. The van der Waals surface area contributed by atoms with Crippen LogP contribution in [-0.4, -0.2) is 67.3 Å². The number of methoxy groups -OCH3 is 2. The van der Waals surface area contributed by atoms with Crippen LogP contribution in [0.25, 0.3) is 0 Å². The van der Waals surface area contributed by atoms with E-state index in [0.29, 0.717) is 12.4 Å². The van der Waals surface area contributed by atoms with Crippen LogP contribution in [0.1, 0.15) is 11.6 Å². The molecule has 0 radical (unpaired) electrons. The lowest BCUT2D eigenvalue weighted by Gasteiger charge is -2.22. The number of carbonyl (C=O) groups excluding carboxylic acids is 2. The summed E-state index contributed by atoms with van der Waals surface area (Å²) in [5.74, 6) is -0.594. The van der Waals surface area contributed by atoms with E-state index in [9.17, 15) is 14.7 Å². The first-order chi connectivity index (χ1) is 11.5. The van der Waals surface area contributed by atoms with Gasteiger partial charge in [0, 0.05) is 14.2 Å². The average molecular weight is 335 g/mol. The lowest BCUT2D eigenvalue weighted by Crippen LogP contribution is -2.43. The van der Waals surface area contributed by atoms with Crippen molar-refractivity contribution in [3.8, 4) is 11.5 Å². The molecule has 8 nitrogen and oxygen atoms in total. The molecule has 0 spiro atoms. The Kier molecular flexibility index (Phi) is 4.44. The van der Waals surface area contributed by atoms with Gasteiger partial charge in [0.05, 0.1) is 32.2 Å². The SMILES string of the molecule is COCCN1C(=O)[C@@H]2[C@H](c3ccc(O)c(OC)c3)NN(C)[C@H]2C1=O. The van der Waals surface area contributed by atoms with Crippen LogP contribution in [0.2, 0.25) is 0 Å². The zero-order chi connectivity index (χ0) is 17.4. The molecule has 1 aromatic rings. The van der Waals surface area contributed by atoms with Crippen LogP contribution in [0.4, 0.5) is 0 Å². The van der Waals surface area contributed by atoms with E-state index in [1.807, 2.05) is 0 Å². The van der Waals surface area contributed by atoms with Gasteiger partial charge in [0.1, 0.15) is 6.04 Å². The lowest BCUT2D eigenvalue weighted by molar-refractivity contribution is -0.142. The molecule has 0 aromatic heterocycles. The number of likely N-dealkylation sites (N-methyl/N-ethyl adjacent to an activating group) is 1. The number of phenols is 1. The summed E-state index contributed by atoms with van der Waals surface area (Å²) in [5, 5.41) is 11.4. The van der Waals surface area contributed by atoms with E-state index in [1.165, 1.54) is 25.2 Å². The van der Waals surface area contributed by atoms with Crippen LogP contribution in [0, 0.1) is 5.92 Å². The van der Waals surface area contributed by atoms with Crippen molar-refractivity contribution in [3.05, 3.63) is 23.8 Å². The van der Waals surface area contributed by atoms with Gasteiger partial charge in [0.2, 0.25) is 11.8 Å². The number of hydrogen-bond acceptors (Lipinski definition) is 7. The Morgan fingerprint density at radius 3 is 2.67 bits per heavy atom. The van der Waals surface area contributed by atoms with Gasteiger partial charge in [-0.25, -0.2) is 10.4 Å². The Bertz CT molecular complexity index is 665. The molecule has 2 aliphatic rings. The van der Waals surface area contributed by atoms with E-state index < -0.39 is 12.0 Å². The van der Waals surface area contributed by atoms with Crippen LogP contribution in [0.5, 0.6) is 11.5 Å². The number of ether oxygens (including phenoxy) is 2. The first-order valence-electron chi connectivity index (χ1n) is 7.69. The van der Waals surface area contributed by atoms with E-state index in [1.54, 1.807) is 24.2 Å². The molecule has 130 valence electrons. The summed E-state index contributed by atoms with van der Waals surface area (Å²) in [4.78, 5) is 26.6. The number of nitrogens with one attached hydrogen (secondary N) is 1. The minimum atomic E-state index is -0.542. The van der Waals surface area contributed by atoms with Crippen molar-refractivity contribution < 1.29 is 24.2 Å². The molecule has 0 bridgehead atoms. The van der Waals surface area contributed by atoms with Crippen molar-refractivity contribution in [2.75, 3.05) is 34.4 Å². The highest BCUT2D eigenvalue weighted by molar-refractivity contribution is 6.07. The third kappa shape index (κ3) is 2.52. The molecule has 0 aliphatic carbocycles. The molecular formula is C16H21N3O5. The van der Waals surface area contributed by atoms with E-state index in [4.69, 9.17) is 9.47 Å². The van der Waals surface area contributed by atoms with Crippen LogP contribution in [-0.2, 0) is 14.3 Å². The summed E-state index contributed by atoms with van der Waals surface area (Å²) in [6.07, 6.45) is 0. The van der Waals surface area contributed by atoms with Gasteiger partial charge in [-0.3, -0.25) is 14.5 Å². The predicted molar refractivity (Wildman–Crippen MR) is 84.2 cm³/mol. The number of fused-ring (bicyclic) bond motifs is 1. The van der Waals surface area contributed by atoms with Crippen molar-refractivity contribution in [1.29, 1.82) is 0 Å². The third-order valence-corrected chi connectivity index (χ3v) is 4.61. The fourth-order valence-electron chi connectivity index (χ4n) is 3.42. The summed E-state index contributed by atoms with van der Waals surface area (Å²) in [6.45, 7) is 0.562. The summed E-state index contributed by atoms with van der Waals surface area (Å²) in [5.41, 5.74) is 3.95. The van der Waals surface area contributed by atoms with Gasteiger partial charge < -0.3 is 14.6 Å². The van der Waals surface area contributed by atoms with Crippen LogP contribution >= 0.6 is 0 Å². The Labute approximate surface area is 139 Å². The monoisotopic (exact) mass is 335 g/mol. The highest BCUT2D eigenvalue weighted by Crippen LogP contribution is 2.41. The molecule has 3 rings (SSSR count). The van der Waals surface area contributed by atoms with Gasteiger partial charge in [-0.1, -0.05) is 6.07 Å². The second-order valence-electron chi connectivity index (χ2n) is 5.94. The molecule has 2 saturated heterocycles. The summed E-state index contributed by atoms with van der Waals surface area (Å²) in [6, 6.07) is 4.02. The van der Waals surface area contributed by atoms with Crippen LogP contribution in [0.15, 0.2) is 18.2 Å². The number of benzene rings is 1. The predicted octanol–water partition coefficient (Wildman–Crippen LogP) is -0.108. The first kappa shape index (κ1) is 16.7. The van der Waals surface area contributed by atoms with E-state index in [2.05, 4.69) is 5.43 Å². The minimum absolute atomic E-state index is 0.0275. The number of rotatable bonds is 5. The summed E-state index contributed by atoms with van der Waals surface area (Å²) in [7, 11) is 4.75. The quantitative estimate of drug-likeness (QED) is 0.726. The number of aromatic hydroxyl groups is 1. The maximum absolute atomic E-state index is 12.8. The zero-order valence-electron chi connectivity index (χ0n) is 13.9. The largest absolute Gasteiger partial charge is 0.504 e. The minimum Gasteiger partial charge on any atom is -0.504 e. The number of likely N-dealkylation sites (tertiary alicyclic amines) is 1. The van der Waals surface area contributed by atoms with Crippen molar-refractivity contribution in [1.82, 2.24) is 15.3 Å². The normalized spacial score (nSPS) is 27.0. The van der Waals surface area contributed by atoms with Gasteiger partial charge in [-0.2, -0.15) is 0 Å². The molecule has 2 N–H and O–H groups in total. The molecule has 0 saturated carbocycles. The number of hydrazine groups is 1. The number of nitrogens with zero attached hydrogens (tertiary/aromatic N) is 2. The van der Waals surface area contributed by atoms with E-state index in [-0.39, 0.29) is 30.2 Å². The number of hydrogen-bond donors (Lipinski definition) is 2.